The van der Waals surface area contributed by atoms with E-state index in [0.717, 1.165) is 5.56 Å². The van der Waals surface area contributed by atoms with Crippen molar-refractivity contribution < 1.29 is 19.1 Å². The molecular weight excluding hydrogens is 379 g/mol. The second-order valence-electron chi connectivity index (χ2n) is 5.56. The maximum Gasteiger partial charge on any atom is 0.412 e. The van der Waals surface area contributed by atoms with Crippen molar-refractivity contribution in [1.29, 1.82) is 0 Å². The van der Waals surface area contributed by atoms with Gasteiger partial charge in [-0.2, -0.15) is 0 Å². The Morgan fingerprint density at radius 3 is 2.54 bits per heavy atom. The van der Waals surface area contributed by atoms with Crippen molar-refractivity contribution in [2.45, 2.75) is 20.0 Å². The molecule has 0 bridgehead atoms. The Labute approximate surface area is 161 Å². The number of halogens is 2. The Morgan fingerprint density at radius 2 is 1.85 bits per heavy atom. The summed E-state index contributed by atoms with van der Waals surface area (Å²) in [6.45, 7) is 3.63. The summed E-state index contributed by atoms with van der Waals surface area (Å²) in [7, 11) is 0. The molecule has 2 N–H and O–H groups in total. The molecule has 0 radical (unpaired) electrons. The molecule has 2 rings (SSSR count). The summed E-state index contributed by atoms with van der Waals surface area (Å²) in [4.78, 5) is 23.6. The predicted molar refractivity (Wildman–Crippen MR) is 101 cm³/mol. The first-order valence-electron chi connectivity index (χ1n) is 7.78. The number of hydrogen-bond acceptors (Lipinski definition) is 4. The fourth-order valence-corrected chi connectivity index (χ4v) is 2.29. The van der Waals surface area contributed by atoms with Gasteiger partial charge >= 0.3 is 12.2 Å². The molecule has 0 aliphatic heterocycles. The van der Waals surface area contributed by atoms with E-state index < -0.39 is 18.3 Å². The van der Waals surface area contributed by atoms with Crippen LogP contribution in [0.15, 0.2) is 42.5 Å². The third-order valence-electron chi connectivity index (χ3n) is 3.21. The third-order valence-corrected chi connectivity index (χ3v) is 3.95. The Hall–Kier alpha value is -2.44. The number of carbonyl (C=O) groups is 2. The average Bonchev–Trinajstić information content (AvgIpc) is 2.56. The van der Waals surface area contributed by atoms with Gasteiger partial charge in [0.05, 0.1) is 16.6 Å². The number of hydrogen-bond donors (Lipinski definition) is 2. The molecule has 2 aromatic rings. The largest absolute Gasteiger partial charge is 0.444 e. The van der Waals surface area contributed by atoms with Gasteiger partial charge in [-0.25, -0.2) is 9.59 Å². The first kappa shape index (κ1) is 19.9. The molecule has 0 heterocycles. The summed E-state index contributed by atoms with van der Waals surface area (Å²) in [5, 5.41) is 5.76. The maximum absolute atomic E-state index is 11.8. The minimum Gasteiger partial charge on any atom is -0.444 e. The Morgan fingerprint density at radius 1 is 1.08 bits per heavy atom. The third kappa shape index (κ3) is 6.46. The van der Waals surface area contributed by atoms with Crippen molar-refractivity contribution in [3.05, 3.63) is 58.1 Å². The molecular formula is C18H18Cl2N2O4. The van der Waals surface area contributed by atoms with Crippen molar-refractivity contribution in [1.82, 2.24) is 5.32 Å². The highest BCUT2D eigenvalue weighted by Crippen LogP contribution is 2.25. The van der Waals surface area contributed by atoms with Crippen molar-refractivity contribution in [2.24, 2.45) is 0 Å². The Bertz CT molecular complexity index is 799. The van der Waals surface area contributed by atoms with Crippen LogP contribution in [0.5, 0.6) is 5.75 Å². The molecule has 0 aliphatic carbocycles. The highest BCUT2D eigenvalue weighted by atomic mass is 35.5. The average molecular weight is 397 g/mol. The van der Waals surface area contributed by atoms with Crippen LogP contribution in [0.25, 0.3) is 0 Å². The van der Waals surface area contributed by atoms with E-state index in [4.69, 9.17) is 32.7 Å². The molecule has 0 fully saturated rings. The number of nitrogens with one attached hydrogen (secondary N) is 2. The van der Waals surface area contributed by atoms with Gasteiger partial charge in [0.1, 0.15) is 11.9 Å². The van der Waals surface area contributed by atoms with E-state index in [9.17, 15) is 9.59 Å². The van der Waals surface area contributed by atoms with Crippen LogP contribution in [0.3, 0.4) is 0 Å². The molecule has 0 saturated carbocycles. The number of ether oxygens (including phenoxy) is 2. The van der Waals surface area contributed by atoms with Crippen LogP contribution < -0.4 is 15.4 Å². The Balaban J connectivity index is 1.75. The van der Waals surface area contributed by atoms with Crippen molar-refractivity contribution in [2.75, 3.05) is 11.9 Å². The quantitative estimate of drug-likeness (QED) is 0.742. The molecule has 0 aliphatic rings. The lowest BCUT2D eigenvalue weighted by molar-refractivity contribution is 0.118. The molecule has 1 atom stereocenters. The minimum atomic E-state index is -0.676. The highest BCUT2D eigenvalue weighted by molar-refractivity contribution is 6.42. The summed E-state index contributed by atoms with van der Waals surface area (Å²) in [5.41, 5.74) is 1.43. The monoisotopic (exact) mass is 396 g/mol. The minimum absolute atomic E-state index is 0.0967. The van der Waals surface area contributed by atoms with Gasteiger partial charge < -0.3 is 14.8 Å². The summed E-state index contributed by atoms with van der Waals surface area (Å²) in [5.74, 6) is 0.438. The van der Waals surface area contributed by atoms with E-state index in [1.54, 1.807) is 37.3 Å². The van der Waals surface area contributed by atoms with Crippen molar-refractivity contribution in [3.8, 4) is 5.75 Å². The Kier molecular flexibility index (Phi) is 7.12. The van der Waals surface area contributed by atoms with Crippen molar-refractivity contribution >= 4 is 41.1 Å². The van der Waals surface area contributed by atoms with Gasteiger partial charge in [-0.05, 0) is 49.7 Å². The van der Waals surface area contributed by atoms with E-state index in [1.165, 1.54) is 6.07 Å². The molecule has 2 aromatic carbocycles. The van der Waals surface area contributed by atoms with Crippen LogP contribution in [0.4, 0.5) is 15.3 Å². The lowest BCUT2D eigenvalue weighted by Crippen LogP contribution is -2.35. The predicted octanol–water partition coefficient (Wildman–Crippen LogP) is 5.03. The molecule has 0 unspecified atom stereocenters. The first-order chi connectivity index (χ1) is 12.3. The van der Waals surface area contributed by atoms with E-state index in [2.05, 4.69) is 10.6 Å². The van der Waals surface area contributed by atoms with Gasteiger partial charge in [0.15, 0.2) is 0 Å². The van der Waals surface area contributed by atoms with Crippen LogP contribution >= 0.6 is 23.2 Å². The standard InChI is InChI=1S/C18H18Cl2N2O4/c1-11-4-3-5-14(8-11)26-17(23)21-10-12(2)25-18(24)22-13-6-7-15(19)16(20)9-13/h3-9,12H,10H2,1-2H3,(H,21,23)(H,22,24)/t12-/m0/s1. The van der Waals surface area contributed by atoms with Gasteiger partial charge in [0.25, 0.3) is 0 Å². The lowest BCUT2D eigenvalue weighted by Gasteiger charge is -2.15. The molecule has 26 heavy (non-hydrogen) atoms. The topological polar surface area (TPSA) is 76.7 Å². The van der Waals surface area contributed by atoms with E-state index >= 15 is 0 Å². The summed E-state index contributed by atoms with van der Waals surface area (Å²) >= 11 is 11.7. The second-order valence-corrected chi connectivity index (χ2v) is 6.37. The summed E-state index contributed by atoms with van der Waals surface area (Å²) in [6, 6.07) is 11.8. The van der Waals surface area contributed by atoms with Crippen LogP contribution in [0.2, 0.25) is 10.0 Å². The molecule has 8 heteroatoms. The zero-order valence-electron chi connectivity index (χ0n) is 14.2. The lowest BCUT2D eigenvalue weighted by atomic mass is 10.2. The number of benzene rings is 2. The number of carbonyl (C=O) groups excluding carboxylic acids is 2. The normalized spacial score (nSPS) is 11.4. The zero-order valence-corrected chi connectivity index (χ0v) is 15.7. The van der Waals surface area contributed by atoms with Gasteiger partial charge in [0.2, 0.25) is 0 Å². The maximum atomic E-state index is 11.8. The summed E-state index contributed by atoms with van der Waals surface area (Å²) < 4.78 is 10.3. The van der Waals surface area contributed by atoms with Gasteiger partial charge in [-0.1, -0.05) is 35.3 Å². The zero-order chi connectivity index (χ0) is 19.1. The van der Waals surface area contributed by atoms with Crippen LogP contribution in [-0.2, 0) is 4.74 Å². The fourth-order valence-electron chi connectivity index (χ4n) is 1.99. The smallest absolute Gasteiger partial charge is 0.412 e. The SMILES string of the molecule is Cc1cccc(OC(=O)NC[C@H](C)OC(=O)Nc2ccc(Cl)c(Cl)c2)c1. The van der Waals surface area contributed by atoms with E-state index in [1.807, 2.05) is 13.0 Å². The van der Waals surface area contributed by atoms with Crippen LogP contribution in [0, 0.1) is 6.92 Å². The fraction of sp³-hybridized carbons (Fsp3) is 0.222. The molecule has 138 valence electrons. The van der Waals surface area contributed by atoms with Gasteiger partial charge in [0, 0.05) is 5.69 Å². The number of aryl methyl sites for hydroxylation is 1. The van der Waals surface area contributed by atoms with Crippen LogP contribution in [-0.4, -0.2) is 24.8 Å². The highest BCUT2D eigenvalue weighted by Gasteiger charge is 2.12. The first-order valence-corrected chi connectivity index (χ1v) is 8.54. The molecule has 6 nitrogen and oxygen atoms in total. The molecule has 0 aromatic heterocycles. The second kappa shape index (κ2) is 9.31. The van der Waals surface area contributed by atoms with E-state index in [-0.39, 0.29) is 6.54 Å². The van der Waals surface area contributed by atoms with Gasteiger partial charge in [-0.15, -0.1) is 0 Å². The van der Waals surface area contributed by atoms with Crippen molar-refractivity contribution in [3.63, 3.8) is 0 Å². The van der Waals surface area contributed by atoms with E-state index in [0.29, 0.717) is 21.5 Å². The number of rotatable bonds is 5. The summed E-state index contributed by atoms with van der Waals surface area (Å²) in [6.07, 6.45) is -1.87. The number of anilines is 1. The molecule has 0 spiro atoms. The molecule has 2 amide bonds. The van der Waals surface area contributed by atoms with Crippen LogP contribution in [0.1, 0.15) is 12.5 Å². The molecule has 0 saturated heterocycles. The number of amides is 2. The van der Waals surface area contributed by atoms with Gasteiger partial charge in [-0.3, -0.25) is 5.32 Å².